The van der Waals surface area contributed by atoms with E-state index in [0.717, 1.165) is 26.0 Å². The normalized spacial score (nSPS) is 28.2. The summed E-state index contributed by atoms with van der Waals surface area (Å²) in [6.45, 7) is -6.02. The molecule has 3 amide bonds. The number of piperazine rings is 1. The number of Topliss-reactive ketones (excluding diaryl/α,β-unsaturated/α-hetero) is 1. The van der Waals surface area contributed by atoms with Crippen LogP contribution in [0.3, 0.4) is 0 Å². The van der Waals surface area contributed by atoms with E-state index in [1.807, 2.05) is 6.92 Å². The van der Waals surface area contributed by atoms with Crippen LogP contribution >= 0.6 is 0 Å². The highest BCUT2D eigenvalue weighted by Gasteiger charge is 2.35. The molecule has 3 atom stereocenters. The molecule has 1 saturated carbocycles. The molecular formula is C34H49FN6O4. The van der Waals surface area contributed by atoms with Gasteiger partial charge in [0.1, 0.15) is 17.6 Å². The highest BCUT2D eigenvalue weighted by Crippen LogP contribution is 2.32. The van der Waals surface area contributed by atoms with Gasteiger partial charge in [-0.15, -0.1) is 0 Å². The van der Waals surface area contributed by atoms with Gasteiger partial charge in [0.15, 0.2) is 5.78 Å². The molecule has 1 aliphatic heterocycles. The summed E-state index contributed by atoms with van der Waals surface area (Å²) in [4.78, 5) is 54.0. The van der Waals surface area contributed by atoms with Crippen molar-refractivity contribution in [2.45, 2.75) is 90.8 Å². The highest BCUT2D eigenvalue weighted by molar-refractivity contribution is 5.97. The SMILES string of the molecule is [2H]C1([2H])N(C)C([2H])([2H])C([2H])([2H])N(C(=O)[C@H](NC(=O)CC)[C@@H](C)c2ccc(CC(=O)[C@@H](NC(=O)c3ccnn3CC)C3CCC(C)CC3)c(F)c2)C1([2H])[2H]. The van der Waals surface area contributed by atoms with Gasteiger partial charge < -0.3 is 20.4 Å². The van der Waals surface area contributed by atoms with E-state index >= 15 is 4.39 Å². The van der Waals surface area contributed by atoms with Crippen LogP contribution in [0.1, 0.15) is 98.3 Å². The number of ketones is 1. The van der Waals surface area contributed by atoms with Crippen molar-refractivity contribution in [3.8, 4) is 0 Å². The third-order valence-electron chi connectivity index (χ3n) is 8.66. The molecule has 11 heteroatoms. The molecule has 10 nitrogen and oxygen atoms in total. The number of benzene rings is 1. The van der Waals surface area contributed by atoms with Crippen molar-refractivity contribution in [2.24, 2.45) is 11.8 Å². The molecule has 2 fully saturated rings. The predicted octanol–water partition coefficient (Wildman–Crippen LogP) is 3.55. The Bertz CT molecular complexity index is 1670. The fourth-order valence-electron chi connectivity index (χ4n) is 5.78. The molecule has 1 saturated heterocycles. The van der Waals surface area contributed by atoms with E-state index in [1.54, 1.807) is 6.07 Å². The third-order valence-corrected chi connectivity index (χ3v) is 8.66. The van der Waals surface area contributed by atoms with E-state index in [2.05, 4.69) is 22.7 Å². The van der Waals surface area contributed by atoms with Gasteiger partial charge in [0, 0.05) is 63.0 Å². The Morgan fingerprint density at radius 3 is 2.36 bits per heavy atom. The molecule has 45 heavy (non-hydrogen) atoms. The average molecular weight is 633 g/mol. The first-order valence-corrected chi connectivity index (χ1v) is 15.6. The summed E-state index contributed by atoms with van der Waals surface area (Å²) in [6.07, 6.45) is 4.14. The minimum absolute atomic E-state index is 0.00146. The molecule has 2 N–H and O–H groups in total. The van der Waals surface area contributed by atoms with Crippen molar-refractivity contribution < 1.29 is 34.5 Å². The summed E-state index contributed by atoms with van der Waals surface area (Å²) in [5.74, 6) is -4.71. The van der Waals surface area contributed by atoms with Crippen molar-refractivity contribution in [3.05, 3.63) is 53.1 Å². The van der Waals surface area contributed by atoms with Crippen LogP contribution in [0.4, 0.5) is 4.39 Å². The first-order chi connectivity index (χ1) is 24.5. The van der Waals surface area contributed by atoms with Crippen molar-refractivity contribution in [2.75, 3.05) is 33.0 Å². The minimum atomic E-state index is -3.43. The summed E-state index contributed by atoms with van der Waals surface area (Å²) in [5.41, 5.74) is 0.401. The van der Waals surface area contributed by atoms with Crippen molar-refractivity contribution >= 4 is 23.5 Å². The number of hydrogen-bond acceptors (Lipinski definition) is 6. The lowest BCUT2D eigenvalue weighted by Gasteiger charge is -2.36. The number of aryl methyl sites for hydroxylation is 1. The number of hydrogen-bond donors (Lipinski definition) is 2. The topological polar surface area (TPSA) is 117 Å². The van der Waals surface area contributed by atoms with Crippen LogP contribution in [0, 0.1) is 17.7 Å². The van der Waals surface area contributed by atoms with Crippen molar-refractivity contribution in [1.29, 1.82) is 0 Å². The molecule has 1 aromatic heterocycles. The van der Waals surface area contributed by atoms with Gasteiger partial charge in [0.2, 0.25) is 11.8 Å². The van der Waals surface area contributed by atoms with Crippen LogP contribution in [0.5, 0.6) is 0 Å². The highest BCUT2D eigenvalue weighted by atomic mass is 19.1. The standard InChI is InChI=1S/C34H49FN6O4/c1-6-30(43)37-31(34(45)40-18-16-39(5)17-19-40)23(4)25-12-13-26(27(35)20-25)21-29(42)32(24-10-8-22(3)9-11-24)38-33(44)28-14-15-36-41(28)7-2/h12-15,20,22-24,31-32H,6-11,16-19,21H2,1-5H3,(H,37,43)(H,38,44)/t22?,23-,24?,31+,32-/m0/s1/i16D2,17D2,18D2,19D2. The predicted molar refractivity (Wildman–Crippen MR) is 170 cm³/mol. The Morgan fingerprint density at radius 2 is 1.73 bits per heavy atom. The van der Waals surface area contributed by atoms with E-state index in [9.17, 15) is 19.2 Å². The maximum Gasteiger partial charge on any atom is 0.270 e. The number of carbonyl (C=O) groups is 4. The first kappa shape index (κ1) is 24.6. The number of amides is 3. The molecule has 2 aromatic rings. The van der Waals surface area contributed by atoms with Gasteiger partial charge in [0.05, 0.1) is 11.5 Å². The number of nitrogens with one attached hydrogen (secondary N) is 2. The number of carbonyl (C=O) groups excluding carboxylic acids is 4. The van der Waals surface area contributed by atoms with Gasteiger partial charge in [-0.05, 0) is 61.9 Å². The number of nitrogens with zero attached hydrogens (tertiary/aromatic N) is 4. The van der Waals surface area contributed by atoms with E-state index < -0.39 is 73.3 Å². The molecule has 246 valence electrons. The maximum atomic E-state index is 15.9. The second kappa shape index (κ2) is 15.6. The molecule has 1 aliphatic carbocycles. The van der Waals surface area contributed by atoms with E-state index in [0.29, 0.717) is 31.0 Å². The Hall–Kier alpha value is -3.60. The number of halogens is 1. The fraction of sp³-hybridized carbons (Fsp3) is 0.618. The van der Waals surface area contributed by atoms with Gasteiger partial charge >= 0.3 is 0 Å². The molecule has 4 rings (SSSR count). The van der Waals surface area contributed by atoms with Gasteiger partial charge in [0.25, 0.3) is 5.91 Å². The first-order valence-electron chi connectivity index (χ1n) is 19.6. The maximum absolute atomic E-state index is 15.9. The third kappa shape index (κ3) is 8.56. The van der Waals surface area contributed by atoms with Crippen LogP contribution in [-0.2, 0) is 27.3 Å². The van der Waals surface area contributed by atoms with E-state index in [4.69, 9.17) is 11.0 Å². The van der Waals surface area contributed by atoms with Crippen LogP contribution in [0.2, 0.25) is 0 Å². The van der Waals surface area contributed by atoms with Gasteiger partial charge in [-0.1, -0.05) is 45.7 Å². The van der Waals surface area contributed by atoms with Crippen molar-refractivity contribution in [1.82, 2.24) is 30.2 Å². The van der Waals surface area contributed by atoms with Gasteiger partial charge in [-0.3, -0.25) is 23.9 Å². The molecular weight excluding hydrogens is 575 g/mol. The lowest BCUT2D eigenvalue weighted by Crippen LogP contribution is -2.55. The smallest absolute Gasteiger partial charge is 0.270 e. The minimum Gasteiger partial charge on any atom is -0.344 e. The Balaban J connectivity index is 1.64. The molecule has 0 unspecified atom stereocenters. The second-order valence-electron chi connectivity index (χ2n) is 11.9. The van der Waals surface area contributed by atoms with Crippen LogP contribution in [0.15, 0.2) is 30.5 Å². The Kier molecular flexibility index (Phi) is 8.53. The van der Waals surface area contributed by atoms with E-state index in [1.165, 1.54) is 36.9 Å². The largest absolute Gasteiger partial charge is 0.344 e. The molecule has 1 aromatic carbocycles. The van der Waals surface area contributed by atoms with Crippen LogP contribution in [0.25, 0.3) is 0 Å². The zero-order valence-electron chi connectivity index (χ0n) is 34.5. The fourth-order valence-corrected chi connectivity index (χ4v) is 5.78. The molecule has 0 bridgehead atoms. The summed E-state index contributed by atoms with van der Waals surface area (Å²) >= 11 is 0. The number of aromatic nitrogens is 2. The monoisotopic (exact) mass is 632 g/mol. The van der Waals surface area contributed by atoms with Crippen molar-refractivity contribution in [3.63, 3.8) is 0 Å². The number of rotatable bonds is 12. The Labute approximate surface area is 277 Å². The van der Waals surface area contributed by atoms with E-state index in [-0.39, 0.29) is 39.7 Å². The summed E-state index contributed by atoms with van der Waals surface area (Å²) in [7, 11) is 0.860. The summed E-state index contributed by atoms with van der Waals surface area (Å²) in [5, 5.41) is 9.44. The molecule has 0 spiro atoms. The van der Waals surface area contributed by atoms with Crippen LogP contribution in [-0.4, -0.2) is 88.2 Å². The lowest BCUT2D eigenvalue weighted by atomic mass is 9.77. The van der Waals surface area contributed by atoms with Gasteiger partial charge in [-0.25, -0.2) is 4.39 Å². The zero-order chi connectivity index (χ0) is 39.8. The van der Waals surface area contributed by atoms with Crippen LogP contribution < -0.4 is 10.6 Å². The molecule has 0 radical (unpaired) electrons. The Morgan fingerprint density at radius 1 is 1.04 bits per heavy atom. The molecule has 2 heterocycles. The van der Waals surface area contributed by atoms with Gasteiger partial charge in [-0.2, -0.15) is 5.10 Å². The number of likely N-dealkylation sites (N-methyl/N-ethyl adjacent to an activating group) is 1. The molecule has 2 aliphatic rings. The summed E-state index contributed by atoms with van der Waals surface area (Å²) < 4.78 is 84.7. The lowest BCUT2D eigenvalue weighted by molar-refractivity contribution is -0.138. The average Bonchev–Trinajstić information content (AvgIpc) is 3.58. The zero-order valence-corrected chi connectivity index (χ0v) is 26.5. The quantitative estimate of drug-likeness (QED) is 0.370. The summed E-state index contributed by atoms with van der Waals surface area (Å²) in [6, 6.07) is 2.68. The second-order valence-corrected chi connectivity index (χ2v) is 11.9.